The Kier molecular flexibility index (Phi) is 9.06. The summed E-state index contributed by atoms with van der Waals surface area (Å²) in [5, 5.41) is 4.44. The van der Waals surface area contributed by atoms with Crippen LogP contribution in [0.15, 0.2) is 133 Å². The van der Waals surface area contributed by atoms with Crippen LogP contribution < -0.4 is 14.2 Å². The third kappa shape index (κ3) is 5.89. The lowest BCUT2D eigenvalue weighted by molar-refractivity contribution is 0.0306. The highest BCUT2D eigenvalue weighted by atomic mass is 16.5. The van der Waals surface area contributed by atoms with Crippen LogP contribution in [0.3, 0.4) is 0 Å². The summed E-state index contributed by atoms with van der Waals surface area (Å²) in [5.74, 6) is 3.46. The molecule has 2 saturated heterocycles. The zero-order valence-corrected chi connectivity index (χ0v) is 34.4. The maximum absolute atomic E-state index is 7.36. The Morgan fingerprint density at radius 2 is 0.885 bits per heavy atom. The van der Waals surface area contributed by atoms with Crippen molar-refractivity contribution in [2.45, 2.75) is 23.9 Å². The van der Waals surface area contributed by atoms with E-state index in [2.05, 4.69) is 152 Å². The number of ether oxygens (including phenoxy) is 5. The smallest absolute Gasteiger partial charge is 0.143 e. The number of hydrogen-bond acceptors (Lipinski definition) is 7. The lowest BCUT2D eigenvalue weighted by atomic mass is 9.85. The fourth-order valence-corrected chi connectivity index (χ4v) is 11.0. The number of hydrogen-bond donors (Lipinski definition) is 0. The highest BCUT2D eigenvalue weighted by Crippen LogP contribution is 2.52. The molecule has 0 saturated carbocycles. The molecule has 6 aromatic carbocycles. The molecule has 9 heteroatoms. The molecule has 4 aliphatic rings. The largest absolute Gasteiger partial charge is 0.489 e. The summed E-state index contributed by atoms with van der Waals surface area (Å²) in [6.07, 6.45) is 1.79. The van der Waals surface area contributed by atoms with Gasteiger partial charge in [0.2, 0.25) is 0 Å². The predicted octanol–water partition coefficient (Wildman–Crippen LogP) is 9.41. The van der Waals surface area contributed by atoms with E-state index in [1.807, 2.05) is 0 Å². The van der Waals surface area contributed by atoms with Gasteiger partial charge >= 0.3 is 0 Å². The van der Waals surface area contributed by atoms with Crippen LogP contribution in [-0.2, 0) is 20.6 Å². The number of nitrogens with zero attached hydrogens (tertiary/aromatic N) is 4. The number of aromatic nitrogens is 2. The Balaban J connectivity index is 1.03. The fourth-order valence-electron chi connectivity index (χ4n) is 11.0. The van der Waals surface area contributed by atoms with Crippen molar-refractivity contribution in [3.05, 3.63) is 145 Å². The SMILES string of the molecule is c1ccc(C2(CCN3CCOCC3)COc3cccc4c5c(Oc6cccc7c6c6cccc8c6n7C(CCN6CCOCC6)(c6ccccc6)CO8)cccc5n2c34)cc1. The number of rotatable bonds is 10. The minimum absolute atomic E-state index is 0.437. The Hall–Kier alpha value is -5.84. The summed E-state index contributed by atoms with van der Waals surface area (Å²) in [5.41, 5.74) is 6.13. The Morgan fingerprint density at radius 1 is 0.459 bits per heavy atom. The quantitative estimate of drug-likeness (QED) is 0.137. The summed E-state index contributed by atoms with van der Waals surface area (Å²) >= 11 is 0. The summed E-state index contributed by atoms with van der Waals surface area (Å²) in [6.45, 7) is 9.83. The summed E-state index contributed by atoms with van der Waals surface area (Å²) in [6, 6.07) is 48.0. The van der Waals surface area contributed by atoms with Crippen molar-refractivity contribution in [3.63, 3.8) is 0 Å². The molecule has 4 aliphatic heterocycles. The first kappa shape index (κ1) is 37.0. The van der Waals surface area contributed by atoms with Crippen LogP contribution in [0.5, 0.6) is 23.0 Å². The topological polar surface area (TPSA) is 62.5 Å². The summed E-state index contributed by atoms with van der Waals surface area (Å²) < 4.78 is 37.6. The van der Waals surface area contributed by atoms with Gasteiger partial charge in [0.1, 0.15) is 47.3 Å². The van der Waals surface area contributed by atoms with Crippen LogP contribution in [0.1, 0.15) is 24.0 Å². The normalized spacial score (nSPS) is 21.8. The molecule has 2 fully saturated rings. The first-order chi connectivity index (χ1) is 30.2. The van der Waals surface area contributed by atoms with Gasteiger partial charge in [0.15, 0.2) is 0 Å². The maximum atomic E-state index is 7.36. The molecule has 2 unspecified atom stereocenters. The molecule has 12 rings (SSSR count). The summed E-state index contributed by atoms with van der Waals surface area (Å²) in [4.78, 5) is 5.07. The van der Waals surface area contributed by atoms with Crippen LogP contribution in [0.4, 0.5) is 0 Å². The molecule has 9 nitrogen and oxygen atoms in total. The third-order valence-electron chi connectivity index (χ3n) is 14.0. The van der Waals surface area contributed by atoms with Crippen molar-refractivity contribution in [2.75, 3.05) is 78.9 Å². The second kappa shape index (κ2) is 15.0. The van der Waals surface area contributed by atoms with E-state index in [4.69, 9.17) is 23.7 Å². The molecule has 0 spiro atoms. The molecule has 308 valence electrons. The molecular weight excluding hydrogens is 761 g/mol. The van der Waals surface area contributed by atoms with E-state index in [-0.39, 0.29) is 0 Å². The lowest BCUT2D eigenvalue weighted by Gasteiger charge is -2.42. The first-order valence-corrected chi connectivity index (χ1v) is 22.0. The maximum Gasteiger partial charge on any atom is 0.143 e. The van der Waals surface area contributed by atoms with Gasteiger partial charge in [-0.05, 0) is 60.4 Å². The highest BCUT2D eigenvalue weighted by Gasteiger charge is 2.44. The van der Waals surface area contributed by atoms with Crippen molar-refractivity contribution >= 4 is 43.6 Å². The second-order valence-corrected chi connectivity index (χ2v) is 17.2. The number of para-hydroxylation sites is 2. The zero-order valence-electron chi connectivity index (χ0n) is 34.4. The molecule has 0 radical (unpaired) electrons. The molecular formula is C52H50N4O5. The van der Waals surface area contributed by atoms with E-state index in [1.54, 1.807) is 0 Å². The minimum Gasteiger partial charge on any atom is -0.489 e. The molecule has 0 aliphatic carbocycles. The number of fused-ring (bicyclic) bond motifs is 6. The molecule has 0 bridgehead atoms. The van der Waals surface area contributed by atoms with Gasteiger partial charge in [0.05, 0.1) is 59.3 Å². The van der Waals surface area contributed by atoms with Gasteiger partial charge < -0.3 is 32.8 Å². The van der Waals surface area contributed by atoms with Gasteiger partial charge in [0, 0.05) is 50.0 Å². The predicted molar refractivity (Wildman–Crippen MR) is 241 cm³/mol. The second-order valence-electron chi connectivity index (χ2n) is 17.2. The van der Waals surface area contributed by atoms with Gasteiger partial charge in [-0.1, -0.05) is 97.1 Å². The zero-order chi connectivity index (χ0) is 40.4. The fraction of sp³-hybridized carbons (Fsp3) is 0.308. The molecule has 2 atom stereocenters. The highest BCUT2D eigenvalue weighted by molar-refractivity contribution is 6.15. The van der Waals surface area contributed by atoms with E-state index in [0.29, 0.717) is 13.2 Å². The van der Waals surface area contributed by atoms with Crippen molar-refractivity contribution in [1.82, 2.24) is 18.9 Å². The average Bonchev–Trinajstić information content (AvgIpc) is 3.87. The van der Waals surface area contributed by atoms with Gasteiger partial charge in [-0.3, -0.25) is 9.80 Å². The van der Waals surface area contributed by atoms with E-state index in [1.165, 1.54) is 11.1 Å². The van der Waals surface area contributed by atoms with Gasteiger partial charge in [-0.2, -0.15) is 0 Å². The van der Waals surface area contributed by atoms with Crippen LogP contribution in [0, 0.1) is 0 Å². The van der Waals surface area contributed by atoms with Gasteiger partial charge in [-0.15, -0.1) is 0 Å². The average molecular weight is 811 g/mol. The Bertz CT molecular complexity index is 2700. The van der Waals surface area contributed by atoms with Crippen LogP contribution in [0.25, 0.3) is 43.6 Å². The van der Waals surface area contributed by atoms with E-state index >= 15 is 0 Å². The monoisotopic (exact) mass is 810 g/mol. The Morgan fingerprint density at radius 3 is 1.33 bits per heavy atom. The van der Waals surface area contributed by atoms with Gasteiger partial charge in [-0.25, -0.2) is 0 Å². The molecule has 61 heavy (non-hydrogen) atoms. The Labute approximate surface area is 355 Å². The van der Waals surface area contributed by atoms with Crippen molar-refractivity contribution in [3.8, 4) is 23.0 Å². The number of benzene rings is 6. The molecule has 2 aromatic heterocycles. The summed E-state index contributed by atoms with van der Waals surface area (Å²) in [7, 11) is 0. The molecule has 6 heterocycles. The van der Waals surface area contributed by atoms with Crippen LogP contribution in [0.2, 0.25) is 0 Å². The first-order valence-electron chi connectivity index (χ1n) is 22.0. The third-order valence-corrected chi connectivity index (χ3v) is 14.0. The molecule has 0 amide bonds. The van der Waals surface area contributed by atoms with E-state index in [0.717, 1.165) is 145 Å². The van der Waals surface area contributed by atoms with Crippen molar-refractivity contribution < 1.29 is 23.7 Å². The van der Waals surface area contributed by atoms with Crippen molar-refractivity contribution in [2.24, 2.45) is 0 Å². The van der Waals surface area contributed by atoms with Crippen molar-refractivity contribution in [1.29, 1.82) is 0 Å². The number of morpholine rings is 2. The van der Waals surface area contributed by atoms with Crippen LogP contribution >= 0.6 is 0 Å². The molecule has 8 aromatic rings. The molecule has 0 N–H and O–H groups in total. The minimum atomic E-state index is -0.437. The van der Waals surface area contributed by atoms with E-state index < -0.39 is 11.1 Å². The van der Waals surface area contributed by atoms with Gasteiger partial charge in [0.25, 0.3) is 0 Å². The van der Waals surface area contributed by atoms with Crippen LogP contribution in [-0.4, -0.2) is 97.8 Å². The lowest BCUT2D eigenvalue weighted by Crippen LogP contribution is -2.47. The standard InChI is InChI=1S/C52H50N4O5/c1-3-11-37(12-4-1)51(23-25-53-27-31-57-32-28-53)35-59-45-21-7-15-39-47-41(55(51)49(39)45)17-9-19-43(47)61-44-20-10-18-42-48(44)40-16-8-22-46-50(40)56(42)52(36-60-46,38-13-5-2-6-14-38)24-26-54-29-33-58-34-30-54/h1-22H,23-36H2. The van der Waals surface area contributed by atoms with E-state index in [9.17, 15) is 0 Å².